The van der Waals surface area contributed by atoms with Gasteiger partial charge in [-0.3, -0.25) is 0 Å². The van der Waals surface area contributed by atoms with Crippen molar-refractivity contribution in [1.29, 1.82) is 0 Å². The van der Waals surface area contributed by atoms with Crippen molar-refractivity contribution in [2.24, 2.45) is 5.73 Å². The summed E-state index contributed by atoms with van der Waals surface area (Å²) in [7, 11) is 0. The van der Waals surface area contributed by atoms with Crippen molar-refractivity contribution < 1.29 is 0 Å². The molecule has 96 valence electrons. The van der Waals surface area contributed by atoms with E-state index in [9.17, 15) is 0 Å². The Morgan fingerprint density at radius 3 is 2.53 bits per heavy atom. The Balaban J connectivity index is 2.72. The van der Waals surface area contributed by atoms with Crippen LogP contribution in [-0.4, -0.2) is 11.3 Å². The molecular weight excluding hydrogens is 250 g/mol. The van der Waals surface area contributed by atoms with Gasteiger partial charge in [-0.2, -0.15) is 0 Å². The molecule has 1 nitrogen and oxygen atoms in total. The molecule has 1 aromatic rings. The van der Waals surface area contributed by atoms with Crippen LogP contribution in [0.1, 0.15) is 39.2 Å². The van der Waals surface area contributed by atoms with Crippen molar-refractivity contribution in [1.82, 2.24) is 0 Å². The van der Waals surface area contributed by atoms with Crippen molar-refractivity contribution >= 4 is 23.4 Å². The van der Waals surface area contributed by atoms with Crippen LogP contribution in [0.25, 0.3) is 0 Å². The zero-order valence-electron chi connectivity index (χ0n) is 10.9. The van der Waals surface area contributed by atoms with Crippen molar-refractivity contribution in [3.63, 3.8) is 0 Å². The van der Waals surface area contributed by atoms with Gasteiger partial charge in [0.25, 0.3) is 0 Å². The average molecular weight is 272 g/mol. The Kier molecular flexibility index (Phi) is 6.39. The molecule has 0 bridgehead atoms. The summed E-state index contributed by atoms with van der Waals surface area (Å²) in [6, 6.07) is 6.54. The molecule has 2 N–H and O–H groups in total. The number of nitrogens with two attached hydrogens (primary N) is 1. The third kappa shape index (κ3) is 4.90. The Morgan fingerprint density at radius 1 is 1.29 bits per heavy atom. The molecule has 0 amide bonds. The zero-order valence-corrected chi connectivity index (χ0v) is 12.4. The van der Waals surface area contributed by atoms with Gasteiger partial charge in [0.2, 0.25) is 0 Å². The Labute approximate surface area is 114 Å². The molecule has 3 heteroatoms. The minimum Gasteiger partial charge on any atom is -0.327 e. The predicted octanol–water partition coefficient (Wildman–Crippen LogP) is 4.51. The van der Waals surface area contributed by atoms with Crippen molar-refractivity contribution in [2.75, 3.05) is 0 Å². The van der Waals surface area contributed by atoms with Gasteiger partial charge < -0.3 is 5.73 Å². The lowest BCUT2D eigenvalue weighted by molar-refractivity contribution is 0.646. The Bertz CT molecular complexity index is 354. The molecule has 0 heterocycles. The second kappa shape index (κ2) is 7.30. The highest BCUT2D eigenvalue weighted by Crippen LogP contribution is 2.29. The number of thioether (sulfide) groups is 1. The van der Waals surface area contributed by atoms with E-state index in [1.165, 1.54) is 11.3 Å². The van der Waals surface area contributed by atoms with Gasteiger partial charge in [-0.1, -0.05) is 38.4 Å². The molecule has 2 atom stereocenters. The normalized spacial score (nSPS) is 14.6. The van der Waals surface area contributed by atoms with Gasteiger partial charge in [0.15, 0.2) is 0 Å². The fraction of sp³-hybridized carbons (Fsp3) is 0.571. The largest absolute Gasteiger partial charge is 0.327 e. The minimum atomic E-state index is 0.209. The lowest BCUT2D eigenvalue weighted by atomic mass is 10.1. The minimum absolute atomic E-state index is 0.209. The maximum Gasteiger partial charge on any atom is 0.0449 e. The summed E-state index contributed by atoms with van der Waals surface area (Å²) >= 11 is 8.16. The van der Waals surface area contributed by atoms with Gasteiger partial charge in [0.05, 0.1) is 0 Å². The topological polar surface area (TPSA) is 26.0 Å². The van der Waals surface area contributed by atoms with Gasteiger partial charge in [0.1, 0.15) is 0 Å². The number of halogens is 1. The molecule has 0 aliphatic carbocycles. The zero-order chi connectivity index (χ0) is 12.8. The standard InChI is InChI=1S/C14H22ClNS/c1-4-10(3)17-13-7-6-11(14(15)9-13)8-12(16)5-2/h6-7,9-10,12H,4-5,8,16H2,1-3H3. The van der Waals surface area contributed by atoms with Crippen molar-refractivity contribution in [2.45, 2.75) is 56.2 Å². The molecule has 0 aromatic heterocycles. The highest BCUT2D eigenvalue weighted by atomic mass is 35.5. The second-order valence-electron chi connectivity index (χ2n) is 4.46. The van der Waals surface area contributed by atoms with E-state index >= 15 is 0 Å². The fourth-order valence-electron chi connectivity index (χ4n) is 1.51. The predicted molar refractivity (Wildman–Crippen MR) is 79.0 cm³/mol. The first-order valence-electron chi connectivity index (χ1n) is 6.27. The van der Waals surface area contributed by atoms with E-state index in [4.69, 9.17) is 17.3 Å². The maximum atomic E-state index is 6.29. The monoisotopic (exact) mass is 271 g/mol. The van der Waals surface area contributed by atoms with Crippen LogP contribution < -0.4 is 5.73 Å². The van der Waals surface area contributed by atoms with Crippen LogP contribution in [0.15, 0.2) is 23.1 Å². The van der Waals surface area contributed by atoms with Crippen LogP contribution in [0.2, 0.25) is 5.02 Å². The molecule has 0 saturated carbocycles. The summed E-state index contributed by atoms with van der Waals surface area (Å²) in [5.41, 5.74) is 7.11. The lowest BCUT2D eigenvalue weighted by Crippen LogP contribution is -2.21. The number of rotatable bonds is 6. The van der Waals surface area contributed by atoms with Crippen LogP contribution >= 0.6 is 23.4 Å². The Hall–Kier alpha value is -0.180. The first-order chi connectivity index (χ1) is 8.06. The molecule has 1 rings (SSSR count). The van der Waals surface area contributed by atoms with Crippen molar-refractivity contribution in [3.05, 3.63) is 28.8 Å². The van der Waals surface area contributed by atoms with E-state index in [0.717, 1.165) is 23.4 Å². The van der Waals surface area contributed by atoms with Gasteiger partial charge in [-0.25, -0.2) is 0 Å². The Morgan fingerprint density at radius 2 is 2.00 bits per heavy atom. The van der Waals surface area contributed by atoms with Crippen molar-refractivity contribution in [3.8, 4) is 0 Å². The first kappa shape index (κ1) is 14.9. The average Bonchev–Trinajstić information content (AvgIpc) is 2.32. The van der Waals surface area contributed by atoms with E-state index in [1.54, 1.807) is 0 Å². The third-order valence-corrected chi connectivity index (χ3v) is 4.56. The molecule has 0 aliphatic rings. The first-order valence-corrected chi connectivity index (χ1v) is 7.53. The van der Waals surface area contributed by atoms with E-state index in [0.29, 0.717) is 5.25 Å². The quantitative estimate of drug-likeness (QED) is 0.771. The molecule has 17 heavy (non-hydrogen) atoms. The van der Waals surface area contributed by atoms with Crippen LogP contribution in [0.5, 0.6) is 0 Å². The molecule has 2 unspecified atom stereocenters. The SMILES string of the molecule is CCC(N)Cc1ccc(SC(C)CC)cc1Cl. The highest BCUT2D eigenvalue weighted by Gasteiger charge is 2.08. The van der Waals surface area contributed by atoms with Gasteiger partial charge in [0, 0.05) is 21.2 Å². The van der Waals surface area contributed by atoms with Crippen LogP contribution in [0, 0.1) is 0 Å². The summed E-state index contributed by atoms with van der Waals surface area (Å²) in [6.45, 7) is 6.54. The summed E-state index contributed by atoms with van der Waals surface area (Å²) in [4.78, 5) is 1.25. The number of hydrogen-bond donors (Lipinski definition) is 1. The number of hydrogen-bond acceptors (Lipinski definition) is 2. The molecule has 0 spiro atoms. The summed E-state index contributed by atoms with van der Waals surface area (Å²) in [5.74, 6) is 0. The summed E-state index contributed by atoms with van der Waals surface area (Å²) < 4.78 is 0. The van der Waals surface area contributed by atoms with Gasteiger partial charge >= 0.3 is 0 Å². The molecule has 0 saturated heterocycles. The molecule has 1 aromatic carbocycles. The summed E-state index contributed by atoms with van der Waals surface area (Å²) in [6.07, 6.45) is 3.02. The van der Waals surface area contributed by atoms with Crippen LogP contribution in [0.3, 0.4) is 0 Å². The van der Waals surface area contributed by atoms with Gasteiger partial charge in [-0.15, -0.1) is 11.8 Å². The molecule has 0 aliphatic heterocycles. The van der Waals surface area contributed by atoms with E-state index in [1.807, 2.05) is 11.8 Å². The van der Waals surface area contributed by atoms with E-state index < -0.39 is 0 Å². The maximum absolute atomic E-state index is 6.29. The number of benzene rings is 1. The van der Waals surface area contributed by atoms with Crippen LogP contribution in [0.4, 0.5) is 0 Å². The molecule has 0 fully saturated rings. The smallest absolute Gasteiger partial charge is 0.0449 e. The van der Waals surface area contributed by atoms with E-state index in [-0.39, 0.29) is 6.04 Å². The van der Waals surface area contributed by atoms with Gasteiger partial charge in [-0.05, 0) is 37.0 Å². The van der Waals surface area contributed by atoms with Crippen LogP contribution in [-0.2, 0) is 6.42 Å². The highest BCUT2D eigenvalue weighted by molar-refractivity contribution is 7.99. The molecule has 0 radical (unpaired) electrons. The van der Waals surface area contributed by atoms with E-state index in [2.05, 4.69) is 39.0 Å². The fourth-order valence-corrected chi connectivity index (χ4v) is 2.80. The third-order valence-electron chi connectivity index (χ3n) is 2.94. The second-order valence-corrected chi connectivity index (χ2v) is 6.38. The molecular formula is C14H22ClNS. The summed E-state index contributed by atoms with van der Waals surface area (Å²) in [5, 5.41) is 1.48. The lowest BCUT2D eigenvalue weighted by Gasteiger charge is -2.13.